The lowest BCUT2D eigenvalue weighted by Crippen LogP contribution is -2.25. The molecule has 2 aromatic rings. The zero-order valence-electron chi connectivity index (χ0n) is 12.3. The van der Waals surface area contributed by atoms with Crippen molar-refractivity contribution in [3.8, 4) is 0 Å². The number of rotatable bonds is 7. The highest BCUT2D eigenvalue weighted by Gasteiger charge is 2.22. The fourth-order valence-electron chi connectivity index (χ4n) is 1.92. The lowest BCUT2D eigenvalue weighted by atomic mass is 10.3. The second kappa shape index (κ2) is 6.97. The third-order valence-corrected chi connectivity index (χ3v) is 6.70. The van der Waals surface area contributed by atoms with Crippen LogP contribution in [0.4, 0.5) is 0 Å². The van der Waals surface area contributed by atoms with E-state index in [1.807, 2.05) is 31.5 Å². The minimum Gasteiger partial charge on any atom is -0.312 e. The van der Waals surface area contributed by atoms with Crippen molar-refractivity contribution in [2.75, 3.05) is 6.54 Å². The molecule has 0 amide bonds. The summed E-state index contributed by atoms with van der Waals surface area (Å²) in [6.07, 6.45) is 0. The van der Waals surface area contributed by atoms with E-state index in [0.29, 0.717) is 11.4 Å². The molecule has 2 rings (SSSR count). The fourth-order valence-corrected chi connectivity index (χ4v) is 5.49. The lowest BCUT2D eigenvalue weighted by Gasteiger charge is -2.08. The molecule has 0 spiro atoms. The minimum absolute atomic E-state index is 0.233. The third-order valence-electron chi connectivity index (χ3n) is 2.87. The smallest absolute Gasteiger partial charge is 0.242 e. The molecule has 0 aliphatic rings. The Balaban J connectivity index is 2.17. The monoisotopic (exact) mass is 345 g/mol. The molecule has 0 fully saturated rings. The van der Waals surface area contributed by atoms with Crippen LogP contribution in [0.3, 0.4) is 0 Å². The summed E-state index contributed by atoms with van der Waals surface area (Å²) in [5.74, 6) is 0. The van der Waals surface area contributed by atoms with E-state index in [-0.39, 0.29) is 6.54 Å². The first-order valence-corrected chi connectivity index (χ1v) is 9.86. The maximum absolute atomic E-state index is 12.5. The Hall–Kier alpha value is -0.800. The van der Waals surface area contributed by atoms with Crippen molar-refractivity contribution < 1.29 is 8.42 Å². The van der Waals surface area contributed by atoms with Crippen LogP contribution in [-0.2, 0) is 23.1 Å². The molecule has 116 valence electrons. The lowest BCUT2D eigenvalue weighted by molar-refractivity contribution is 0.579. The van der Waals surface area contributed by atoms with E-state index >= 15 is 0 Å². The molecule has 0 bridgehead atoms. The zero-order valence-corrected chi connectivity index (χ0v) is 14.7. The van der Waals surface area contributed by atoms with Crippen LogP contribution in [0.5, 0.6) is 0 Å². The van der Waals surface area contributed by atoms with Crippen LogP contribution < -0.4 is 10.0 Å². The van der Waals surface area contributed by atoms with Crippen LogP contribution >= 0.6 is 22.7 Å². The van der Waals surface area contributed by atoms with Crippen molar-refractivity contribution in [2.45, 2.75) is 38.8 Å². The summed E-state index contributed by atoms with van der Waals surface area (Å²) in [5, 5.41) is 7.75. The molecule has 2 N–H and O–H groups in total. The third kappa shape index (κ3) is 4.10. The number of thiophene rings is 1. The first kappa shape index (κ1) is 16.6. The van der Waals surface area contributed by atoms with E-state index in [0.717, 1.165) is 27.7 Å². The number of nitrogens with one attached hydrogen (secondary N) is 2. The average molecular weight is 346 g/mol. The van der Waals surface area contributed by atoms with Crippen molar-refractivity contribution >= 4 is 32.7 Å². The van der Waals surface area contributed by atoms with Crippen LogP contribution in [-0.4, -0.2) is 19.9 Å². The van der Waals surface area contributed by atoms with Gasteiger partial charge >= 0.3 is 0 Å². The minimum atomic E-state index is -3.51. The molecule has 2 aromatic heterocycles. The van der Waals surface area contributed by atoms with Crippen LogP contribution in [0.15, 0.2) is 15.7 Å². The van der Waals surface area contributed by atoms with E-state index < -0.39 is 10.0 Å². The van der Waals surface area contributed by atoms with Gasteiger partial charge in [0.05, 0.1) is 6.54 Å². The number of aryl methyl sites for hydroxylation is 2. The Morgan fingerprint density at radius 3 is 2.57 bits per heavy atom. The molecule has 8 heteroatoms. The summed E-state index contributed by atoms with van der Waals surface area (Å²) >= 11 is 2.94. The van der Waals surface area contributed by atoms with Crippen molar-refractivity contribution in [3.05, 3.63) is 31.9 Å². The predicted octanol–water partition coefficient (Wildman–Crippen LogP) is 2.41. The molecule has 2 heterocycles. The van der Waals surface area contributed by atoms with Crippen LogP contribution in [0.1, 0.15) is 28.1 Å². The highest BCUT2D eigenvalue weighted by Crippen LogP contribution is 2.27. The van der Waals surface area contributed by atoms with Crippen molar-refractivity contribution in [1.29, 1.82) is 0 Å². The highest BCUT2D eigenvalue weighted by molar-refractivity contribution is 7.89. The van der Waals surface area contributed by atoms with Gasteiger partial charge in [-0.3, -0.25) is 0 Å². The first-order valence-electron chi connectivity index (χ1n) is 6.62. The fraction of sp³-hybridized carbons (Fsp3) is 0.462. The molecule has 21 heavy (non-hydrogen) atoms. The Morgan fingerprint density at radius 1 is 1.19 bits per heavy atom. The van der Waals surface area contributed by atoms with Crippen LogP contribution in [0.2, 0.25) is 0 Å². The number of aromatic nitrogens is 1. The summed E-state index contributed by atoms with van der Waals surface area (Å²) in [6.45, 7) is 7.33. The maximum Gasteiger partial charge on any atom is 0.242 e. The summed E-state index contributed by atoms with van der Waals surface area (Å²) in [5.41, 5.74) is 1.70. The van der Waals surface area contributed by atoms with Gasteiger partial charge in [-0.1, -0.05) is 6.92 Å². The SMILES string of the molecule is CCNCc1scc(C)c1S(=O)(=O)NCc1nc(C)cs1. The Bertz CT molecular complexity index is 704. The Kier molecular flexibility index (Phi) is 5.50. The topological polar surface area (TPSA) is 71.1 Å². The summed E-state index contributed by atoms with van der Waals surface area (Å²) in [7, 11) is -3.51. The highest BCUT2D eigenvalue weighted by atomic mass is 32.2. The first-order chi connectivity index (χ1) is 9.94. The zero-order chi connectivity index (χ0) is 15.5. The van der Waals surface area contributed by atoms with Gasteiger partial charge in [-0.2, -0.15) is 0 Å². The van der Waals surface area contributed by atoms with E-state index in [1.54, 1.807) is 0 Å². The standard InChI is InChI=1S/C13H19N3O2S3/c1-4-14-5-11-13(9(2)7-19-11)21(17,18)15-6-12-16-10(3)8-20-12/h7-8,14-15H,4-6H2,1-3H3. The van der Waals surface area contributed by atoms with Gasteiger partial charge < -0.3 is 5.32 Å². The molecule has 0 aliphatic carbocycles. The second-order valence-corrected chi connectivity index (χ2v) is 8.27. The van der Waals surface area contributed by atoms with Gasteiger partial charge in [-0.05, 0) is 31.3 Å². The summed E-state index contributed by atoms with van der Waals surface area (Å²) in [4.78, 5) is 5.52. The van der Waals surface area contributed by atoms with E-state index in [9.17, 15) is 8.42 Å². The predicted molar refractivity (Wildman–Crippen MR) is 87.3 cm³/mol. The average Bonchev–Trinajstić information content (AvgIpc) is 3.00. The van der Waals surface area contributed by atoms with E-state index in [1.165, 1.54) is 22.7 Å². The number of hydrogen-bond acceptors (Lipinski definition) is 6. The quantitative estimate of drug-likeness (QED) is 0.808. The molecule has 0 aliphatic heterocycles. The van der Waals surface area contributed by atoms with Gasteiger partial charge in [0.1, 0.15) is 9.90 Å². The molecular weight excluding hydrogens is 326 g/mol. The van der Waals surface area contributed by atoms with Gasteiger partial charge in [0.2, 0.25) is 10.0 Å². The van der Waals surface area contributed by atoms with Gasteiger partial charge in [0.25, 0.3) is 0 Å². The van der Waals surface area contributed by atoms with Gasteiger partial charge in [0.15, 0.2) is 0 Å². The molecule has 0 aromatic carbocycles. The van der Waals surface area contributed by atoms with Crippen LogP contribution in [0.25, 0.3) is 0 Å². The van der Waals surface area contributed by atoms with Crippen molar-refractivity contribution in [2.24, 2.45) is 0 Å². The number of nitrogens with zero attached hydrogens (tertiary/aromatic N) is 1. The molecule has 0 unspecified atom stereocenters. The summed E-state index contributed by atoms with van der Waals surface area (Å²) in [6, 6.07) is 0. The van der Waals surface area contributed by atoms with E-state index in [4.69, 9.17) is 0 Å². The van der Waals surface area contributed by atoms with Gasteiger partial charge in [0, 0.05) is 22.5 Å². The number of thiazole rings is 1. The molecule has 0 atom stereocenters. The van der Waals surface area contributed by atoms with Crippen molar-refractivity contribution in [1.82, 2.24) is 15.0 Å². The largest absolute Gasteiger partial charge is 0.312 e. The molecular formula is C13H19N3O2S3. The van der Waals surface area contributed by atoms with E-state index in [2.05, 4.69) is 15.0 Å². The van der Waals surface area contributed by atoms with Crippen molar-refractivity contribution in [3.63, 3.8) is 0 Å². The second-order valence-electron chi connectivity index (χ2n) is 4.66. The molecule has 0 saturated carbocycles. The molecule has 0 radical (unpaired) electrons. The van der Waals surface area contributed by atoms with Crippen LogP contribution in [0, 0.1) is 13.8 Å². The Labute approximate surface area is 133 Å². The molecule has 0 saturated heterocycles. The maximum atomic E-state index is 12.5. The number of hydrogen-bond donors (Lipinski definition) is 2. The van der Waals surface area contributed by atoms with Gasteiger partial charge in [-0.15, -0.1) is 22.7 Å². The normalized spacial score (nSPS) is 12.0. The molecule has 5 nitrogen and oxygen atoms in total. The summed E-state index contributed by atoms with van der Waals surface area (Å²) < 4.78 is 27.7. The Morgan fingerprint density at radius 2 is 1.95 bits per heavy atom. The van der Waals surface area contributed by atoms with Gasteiger partial charge in [-0.25, -0.2) is 18.1 Å². The number of sulfonamides is 1.